The summed E-state index contributed by atoms with van der Waals surface area (Å²) >= 11 is 0. The number of carboxylic acid groups (broad SMARTS) is 1. The fourth-order valence-corrected chi connectivity index (χ4v) is 1.15. The molecular formula is C11H13ClO4. The average Bonchev–Trinajstić information content (AvgIpc) is 2.18. The van der Waals surface area contributed by atoms with Crippen molar-refractivity contribution in [2.45, 2.75) is 13.3 Å². The Kier molecular flexibility index (Phi) is 6.18. The number of rotatable bonds is 4. The molecule has 16 heavy (non-hydrogen) atoms. The van der Waals surface area contributed by atoms with Crippen LogP contribution in [0.5, 0.6) is 0 Å². The van der Waals surface area contributed by atoms with Gasteiger partial charge in [-0.05, 0) is 24.6 Å². The summed E-state index contributed by atoms with van der Waals surface area (Å²) in [5, 5.41) is 8.54. The van der Waals surface area contributed by atoms with Gasteiger partial charge >= 0.3 is 11.9 Å². The standard InChI is InChI=1S/C11H12O4.ClH/c1-2-15-11(14)9-5-3-8(4-6-9)7-10(12)13;/h3-6H,2,7H2,1H3,(H,12,13);1H. The zero-order valence-electron chi connectivity index (χ0n) is 8.80. The Morgan fingerprint density at radius 2 is 1.81 bits per heavy atom. The Labute approximate surface area is 99.6 Å². The molecule has 0 spiro atoms. The zero-order chi connectivity index (χ0) is 11.3. The van der Waals surface area contributed by atoms with Crippen LogP contribution in [0.4, 0.5) is 0 Å². The Balaban J connectivity index is 0.00000225. The molecule has 0 aliphatic carbocycles. The van der Waals surface area contributed by atoms with Crippen LogP contribution < -0.4 is 0 Å². The van der Waals surface area contributed by atoms with Gasteiger partial charge in [0.25, 0.3) is 0 Å². The number of carbonyl (C=O) groups is 2. The Morgan fingerprint density at radius 1 is 1.25 bits per heavy atom. The highest BCUT2D eigenvalue weighted by Crippen LogP contribution is 2.06. The molecule has 1 N–H and O–H groups in total. The van der Waals surface area contributed by atoms with Gasteiger partial charge < -0.3 is 9.84 Å². The normalized spacial score (nSPS) is 9.06. The minimum Gasteiger partial charge on any atom is -0.481 e. The van der Waals surface area contributed by atoms with Crippen molar-refractivity contribution in [3.8, 4) is 0 Å². The first kappa shape index (κ1) is 14.5. The molecule has 0 amide bonds. The molecule has 0 unspecified atom stereocenters. The molecule has 0 saturated heterocycles. The van der Waals surface area contributed by atoms with E-state index in [1.54, 1.807) is 31.2 Å². The number of hydrogen-bond acceptors (Lipinski definition) is 3. The van der Waals surface area contributed by atoms with Crippen LogP contribution in [0, 0.1) is 0 Å². The second-order valence-corrected chi connectivity index (χ2v) is 2.99. The third kappa shape index (κ3) is 4.31. The van der Waals surface area contributed by atoms with E-state index in [2.05, 4.69) is 0 Å². The van der Waals surface area contributed by atoms with E-state index < -0.39 is 5.97 Å². The monoisotopic (exact) mass is 244 g/mol. The smallest absolute Gasteiger partial charge is 0.338 e. The predicted octanol–water partition coefficient (Wildman–Crippen LogP) is 1.91. The SMILES string of the molecule is CCOC(=O)c1ccc(CC(=O)O)cc1.Cl. The van der Waals surface area contributed by atoms with E-state index in [1.165, 1.54) is 0 Å². The summed E-state index contributed by atoms with van der Waals surface area (Å²) in [4.78, 5) is 21.6. The summed E-state index contributed by atoms with van der Waals surface area (Å²) in [5.41, 5.74) is 1.10. The largest absolute Gasteiger partial charge is 0.481 e. The van der Waals surface area contributed by atoms with Gasteiger partial charge in [-0.2, -0.15) is 0 Å². The van der Waals surface area contributed by atoms with Gasteiger partial charge in [-0.25, -0.2) is 4.79 Å². The van der Waals surface area contributed by atoms with Crippen molar-refractivity contribution < 1.29 is 19.4 Å². The van der Waals surface area contributed by atoms with E-state index >= 15 is 0 Å². The molecule has 1 aromatic rings. The second kappa shape index (κ2) is 6.85. The van der Waals surface area contributed by atoms with Crippen LogP contribution in [0.25, 0.3) is 0 Å². The lowest BCUT2D eigenvalue weighted by Crippen LogP contribution is -2.05. The Morgan fingerprint density at radius 3 is 2.25 bits per heavy atom. The summed E-state index contributed by atoms with van der Waals surface area (Å²) in [6.45, 7) is 2.06. The molecule has 5 heteroatoms. The topological polar surface area (TPSA) is 63.6 Å². The van der Waals surface area contributed by atoms with E-state index in [4.69, 9.17) is 9.84 Å². The molecular weight excluding hydrogens is 232 g/mol. The number of aliphatic carboxylic acids is 1. The van der Waals surface area contributed by atoms with Crippen LogP contribution in [-0.4, -0.2) is 23.7 Å². The van der Waals surface area contributed by atoms with Gasteiger partial charge in [0.05, 0.1) is 18.6 Å². The number of halogens is 1. The van der Waals surface area contributed by atoms with Crippen molar-refractivity contribution in [2.75, 3.05) is 6.61 Å². The summed E-state index contributed by atoms with van der Waals surface area (Å²) in [5.74, 6) is -1.28. The van der Waals surface area contributed by atoms with E-state index in [-0.39, 0.29) is 24.8 Å². The molecule has 4 nitrogen and oxygen atoms in total. The van der Waals surface area contributed by atoms with Crippen LogP contribution in [0.2, 0.25) is 0 Å². The highest BCUT2D eigenvalue weighted by molar-refractivity contribution is 5.89. The number of hydrogen-bond donors (Lipinski definition) is 1. The molecule has 1 aromatic carbocycles. The number of carboxylic acids is 1. The van der Waals surface area contributed by atoms with Crippen LogP contribution in [0.15, 0.2) is 24.3 Å². The van der Waals surface area contributed by atoms with Gasteiger partial charge in [0.15, 0.2) is 0 Å². The summed E-state index contributed by atoms with van der Waals surface area (Å²) in [7, 11) is 0. The van der Waals surface area contributed by atoms with E-state index in [9.17, 15) is 9.59 Å². The molecule has 0 atom stereocenters. The van der Waals surface area contributed by atoms with Crippen molar-refractivity contribution in [3.05, 3.63) is 35.4 Å². The van der Waals surface area contributed by atoms with Gasteiger partial charge in [-0.1, -0.05) is 12.1 Å². The highest BCUT2D eigenvalue weighted by atomic mass is 35.5. The lowest BCUT2D eigenvalue weighted by atomic mass is 10.1. The first-order chi connectivity index (χ1) is 7.13. The third-order valence-corrected chi connectivity index (χ3v) is 1.82. The fraction of sp³-hybridized carbons (Fsp3) is 0.273. The molecule has 0 fully saturated rings. The van der Waals surface area contributed by atoms with Crippen LogP contribution in [0.1, 0.15) is 22.8 Å². The zero-order valence-corrected chi connectivity index (χ0v) is 9.62. The van der Waals surface area contributed by atoms with Gasteiger partial charge in [-0.15, -0.1) is 12.4 Å². The molecule has 0 heterocycles. The Bertz CT molecular complexity index is 359. The first-order valence-electron chi connectivity index (χ1n) is 4.61. The number of benzene rings is 1. The van der Waals surface area contributed by atoms with E-state index in [0.29, 0.717) is 17.7 Å². The average molecular weight is 245 g/mol. The summed E-state index contributed by atoms with van der Waals surface area (Å²) in [6, 6.07) is 6.35. The lowest BCUT2D eigenvalue weighted by Gasteiger charge is -2.02. The predicted molar refractivity (Wildman–Crippen MR) is 61.0 cm³/mol. The maximum atomic E-state index is 11.2. The van der Waals surface area contributed by atoms with Gasteiger partial charge in [-0.3, -0.25) is 4.79 Å². The van der Waals surface area contributed by atoms with Gasteiger partial charge in [0.2, 0.25) is 0 Å². The van der Waals surface area contributed by atoms with E-state index in [1.807, 2.05) is 0 Å². The third-order valence-electron chi connectivity index (χ3n) is 1.82. The van der Waals surface area contributed by atoms with Crippen LogP contribution >= 0.6 is 12.4 Å². The van der Waals surface area contributed by atoms with Crippen molar-refractivity contribution in [2.24, 2.45) is 0 Å². The molecule has 0 bridgehead atoms. The molecule has 88 valence electrons. The second-order valence-electron chi connectivity index (χ2n) is 2.99. The minimum absolute atomic E-state index is 0. The summed E-state index contributed by atoms with van der Waals surface area (Å²) in [6.07, 6.45) is -0.0386. The molecule has 0 aliphatic rings. The quantitative estimate of drug-likeness (QED) is 0.822. The number of carbonyl (C=O) groups excluding carboxylic acids is 1. The van der Waals surface area contributed by atoms with Crippen LogP contribution in [0.3, 0.4) is 0 Å². The van der Waals surface area contributed by atoms with Crippen molar-refractivity contribution in [3.63, 3.8) is 0 Å². The number of ether oxygens (including phenoxy) is 1. The Hall–Kier alpha value is -1.55. The lowest BCUT2D eigenvalue weighted by molar-refractivity contribution is -0.136. The summed E-state index contributed by atoms with van der Waals surface area (Å²) < 4.78 is 4.79. The molecule has 0 radical (unpaired) electrons. The van der Waals surface area contributed by atoms with Gasteiger partial charge in [0.1, 0.15) is 0 Å². The first-order valence-corrected chi connectivity index (χ1v) is 4.61. The maximum Gasteiger partial charge on any atom is 0.338 e. The molecule has 0 aliphatic heterocycles. The molecule has 0 aromatic heterocycles. The van der Waals surface area contributed by atoms with Crippen molar-refractivity contribution >= 4 is 24.3 Å². The van der Waals surface area contributed by atoms with Crippen molar-refractivity contribution in [1.29, 1.82) is 0 Å². The molecule has 1 rings (SSSR count). The molecule has 0 saturated carbocycles. The maximum absolute atomic E-state index is 11.2. The van der Waals surface area contributed by atoms with E-state index in [0.717, 1.165) is 0 Å². The number of esters is 1. The van der Waals surface area contributed by atoms with Crippen LogP contribution in [-0.2, 0) is 16.0 Å². The minimum atomic E-state index is -0.890. The fourth-order valence-electron chi connectivity index (χ4n) is 1.15. The van der Waals surface area contributed by atoms with Gasteiger partial charge in [0, 0.05) is 0 Å². The highest BCUT2D eigenvalue weighted by Gasteiger charge is 2.06. The van der Waals surface area contributed by atoms with Crippen molar-refractivity contribution in [1.82, 2.24) is 0 Å².